The molecule has 1 heterocycles. The lowest BCUT2D eigenvalue weighted by Crippen LogP contribution is -2.44. The van der Waals surface area contributed by atoms with Gasteiger partial charge in [0.05, 0.1) is 10.5 Å². The van der Waals surface area contributed by atoms with Crippen LogP contribution < -0.4 is 10.0 Å². The van der Waals surface area contributed by atoms with E-state index in [1.165, 1.54) is 6.07 Å². The van der Waals surface area contributed by atoms with E-state index in [1.807, 2.05) is 0 Å². The second kappa shape index (κ2) is 7.86. The molecule has 0 radical (unpaired) electrons. The van der Waals surface area contributed by atoms with Crippen molar-refractivity contribution in [3.63, 3.8) is 0 Å². The Hall–Kier alpha value is -1.09. The van der Waals surface area contributed by atoms with Crippen molar-refractivity contribution in [2.45, 2.75) is 37.2 Å². The van der Waals surface area contributed by atoms with Crippen LogP contribution in [0.2, 0.25) is 0 Å². The van der Waals surface area contributed by atoms with E-state index in [-0.39, 0.29) is 17.3 Å². The number of carbonyl (C=O) groups is 1. The van der Waals surface area contributed by atoms with Gasteiger partial charge in [0.15, 0.2) is 0 Å². The minimum atomic E-state index is -3.63. The first-order chi connectivity index (χ1) is 11.3. The van der Waals surface area contributed by atoms with Gasteiger partial charge in [-0.05, 0) is 42.9 Å². The van der Waals surface area contributed by atoms with Gasteiger partial charge in [-0.1, -0.05) is 6.92 Å². The van der Waals surface area contributed by atoms with Gasteiger partial charge in [0.25, 0.3) is 0 Å². The summed E-state index contributed by atoms with van der Waals surface area (Å²) in [5.41, 5.74) is 0.753. The van der Waals surface area contributed by atoms with Crippen LogP contribution in [-0.4, -0.2) is 45.1 Å². The molecule has 134 valence electrons. The molecule has 1 aromatic carbocycles. The lowest BCUT2D eigenvalue weighted by molar-refractivity contribution is -0.115. The van der Waals surface area contributed by atoms with Crippen LogP contribution in [0.4, 0.5) is 5.69 Å². The minimum Gasteiger partial charge on any atom is -0.376 e. The molecule has 0 aromatic heterocycles. The predicted octanol–water partition coefficient (Wildman–Crippen LogP) is 2.14. The molecule has 2 N–H and O–H groups in total. The summed E-state index contributed by atoms with van der Waals surface area (Å²) in [6.07, 6.45) is 1.20. The zero-order valence-electron chi connectivity index (χ0n) is 14.2. The number of methoxy groups -OCH3 is 1. The predicted molar refractivity (Wildman–Crippen MR) is 97.0 cm³/mol. The number of hydrogen-bond acceptors (Lipinski definition) is 5. The highest BCUT2D eigenvalue weighted by Gasteiger charge is 2.35. The van der Waals surface area contributed by atoms with Crippen LogP contribution in [0.3, 0.4) is 0 Å². The van der Waals surface area contributed by atoms with Crippen LogP contribution in [0.1, 0.15) is 25.3 Å². The number of hydrogen-bond donors (Lipinski definition) is 2. The highest BCUT2D eigenvalue weighted by atomic mass is 32.2. The molecule has 8 heteroatoms. The molecular formula is C16H24N2O4S2. The summed E-state index contributed by atoms with van der Waals surface area (Å²) in [4.78, 5) is 11.7. The smallest absolute Gasteiger partial charge is 0.240 e. The number of nitrogens with one attached hydrogen (secondary N) is 2. The maximum Gasteiger partial charge on any atom is 0.240 e. The van der Waals surface area contributed by atoms with Crippen molar-refractivity contribution in [3.05, 3.63) is 23.8 Å². The Labute approximate surface area is 147 Å². The first-order valence-corrected chi connectivity index (χ1v) is 10.5. The second-order valence-electron chi connectivity index (χ2n) is 5.90. The maximum absolute atomic E-state index is 12.6. The van der Waals surface area contributed by atoms with E-state index in [1.54, 1.807) is 44.9 Å². The van der Waals surface area contributed by atoms with Crippen LogP contribution in [0.15, 0.2) is 23.1 Å². The number of amides is 1. The van der Waals surface area contributed by atoms with E-state index in [0.717, 1.165) is 17.9 Å². The first-order valence-electron chi connectivity index (χ1n) is 7.85. The first kappa shape index (κ1) is 19.2. The Morgan fingerprint density at radius 3 is 2.71 bits per heavy atom. The van der Waals surface area contributed by atoms with Crippen molar-refractivity contribution in [2.24, 2.45) is 0 Å². The number of sulfonamides is 1. The van der Waals surface area contributed by atoms with Crippen molar-refractivity contribution in [1.29, 1.82) is 0 Å². The van der Waals surface area contributed by atoms with Gasteiger partial charge in [0.1, 0.15) is 0 Å². The molecule has 1 unspecified atom stereocenters. The van der Waals surface area contributed by atoms with E-state index in [0.29, 0.717) is 17.7 Å². The highest BCUT2D eigenvalue weighted by Crippen LogP contribution is 2.30. The molecule has 0 aliphatic carbocycles. The van der Waals surface area contributed by atoms with Gasteiger partial charge in [-0.25, -0.2) is 13.1 Å². The monoisotopic (exact) mass is 372 g/mol. The molecule has 1 aromatic rings. The van der Waals surface area contributed by atoms with Crippen molar-refractivity contribution < 1.29 is 17.9 Å². The van der Waals surface area contributed by atoms with Gasteiger partial charge in [0, 0.05) is 31.5 Å². The number of ether oxygens (including phenoxy) is 1. The summed E-state index contributed by atoms with van der Waals surface area (Å²) in [5, 5.41) is 2.73. The molecule has 6 nitrogen and oxygen atoms in total. The summed E-state index contributed by atoms with van der Waals surface area (Å²) < 4.78 is 33.4. The lowest BCUT2D eigenvalue weighted by atomic mass is 10.0. The fourth-order valence-corrected chi connectivity index (χ4v) is 5.28. The normalized spacial score (nSPS) is 21.0. The van der Waals surface area contributed by atoms with Gasteiger partial charge in [0.2, 0.25) is 15.9 Å². The quantitative estimate of drug-likeness (QED) is 0.766. The average Bonchev–Trinajstić information content (AvgIpc) is 3.02. The molecular weight excluding hydrogens is 348 g/mol. The third kappa shape index (κ3) is 4.50. The summed E-state index contributed by atoms with van der Waals surface area (Å²) in [6, 6.07) is 4.79. The molecule has 1 aliphatic rings. The third-order valence-corrected chi connectivity index (χ3v) is 6.94. The highest BCUT2D eigenvalue weighted by molar-refractivity contribution is 7.99. The van der Waals surface area contributed by atoms with E-state index in [4.69, 9.17) is 4.74 Å². The summed E-state index contributed by atoms with van der Waals surface area (Å²) in [6.45, 7) is 3.73. The van der Waals surface area contributed by atoms with E-state index in [2.05, 4.69) is 10.0 Å². The Morgan fingerprint density at radius 1 is 1.42 bits per heavy atom. The van der Waals surface area contributed by atoms with Gasteiger partial charge in [-0.3, -0.25) is 4.79 Å². The van der Waals surface area contributed by atoms with Crippen LogP contribution >= 0.6 is 11.8 Å². The Morgan fingerprint density at radius 2 is 2.17 bits per heavy atom. The molecule has 0 bridgehead atoms. The Balaban J connectivity index is 2.12. The number of anilines is 1. The number of carbonyl (C=O) groups excluding carboxylic acids is 1. The van der Waals surface area contributed by atoms with E-state index < -0.39 is 15.6 Å². The SMILES string of the molecule is CCC(=O)Nc1ccc(S(=O)(=O)NCC2(OC)CCSC2)c(C)c1. The second-order valence-corrected chi connectivity index (χ2v) is 8.74. The van der Waals surface area contributed by atoms with Gasteiger partial charge in [-0.15, -0.1) is 0 Å². The van der Waals surface area contributed by atoms with Crippen molar-refractivity contribution in [1.82, 2.24) is 4.72 Å². The fraction of sp³-hybridized carbons (Fsp3) is 0.562. The molecule has 1 saturated heterocycles. The maximum atomic E-state index is 12.6. The molecule has 1 amide bonds. The number of aryl methyl sites for hydroxylation is 1. The molecule has 1 fully saturated rings. The Bertz CT molecular complexity index is 698. The van der Waals surface area contributed by atoms with Gasteiger partial charge >= 0.3 is 0 Å². The van der Waals surface area contributed by atoms with Crippen LogP contribution in [0.5, 0.6) is 0 Å². The topological polar surface area (TPSA) is 84.5 Å². The Kier molecular flexibility index (Phi) is 6.30. The number of thioether (sulfide) groups is 1. The van der Waals surface area contributed by atoms with Crippen LogP contribution in [0, 0.1) is 6.92 Å². The fourth-order valence-electron chi connectivity index (χ4n) is 2.54. The van der Waals surface area contributed by atoms with E-state index in [9.17, 15) is 13.2 Å². The van der Waals surface area contributed by atoms with Gasteiger partial charge in [-0.2, -0.15) is 11.8 Å². The number of benzene rings is 1. The minimum absolute atomic E-state index is 0.107. The summed E-state index contributed by atoms with van der Waals surface area (Å²) >= 11 is 1.76. The molecule has 1 aliphatic heterocycles. The summed E-state index contributed by atoms with van der Waals surface area (Å²) in [5.74, 6) is 1.65. The van der Waals surface area contributed by atoms with Crippen LogP contribution in [-0.2, 0) is 19.6 Å². The van der Waals surface area contributed by atoms with Crippen molar-refractivity contribution in [3.8, 4) is 0 Å². The largest absolute Gasteiger partial charge is 0.376 e. The zero-order chi connectivity index (χ0) is 17.8. The average molecular weight is 373 g/mol. The van der Waals surface area contributed by atoms with Gasteiger partial charge < -0.3 is 10.1 Å². The number of rotatable bonds is 7. The molecule has 0 spiro atoms. The zero-order valence-corrected chi connectivity index (χ0v) is 15.9. The van der Waals surface area contributed by atoms with Crippen LogP contribution in [0.25, 0.3) is 0 Å². The van der Waals surface area contributed by atoms with Crippen molar-refractivity contribution in [2.75, 3.05) is 30.5 Å². The third-order valence-electron chi connectivity index (χ3n) is 4.15. The van der Waals surface area contributed by atoms with E-state index >= 15 is 0 Å². The lowest BCUT2D eigenvalue weighted by Gasteiger charge is -2.26. The molecule has 2 rings (SSSR count). The molecule has 0 saturated carbocycles. The standard InChI is InChI=1S/C16H24N2O4S2/c1-4-15(19)18-13-5-6-14(12(2)9-13)24(20,21)17-10-16(22-3)7-8-23-11-16/h5-6,9,17H,4,7-8,10-11H2,1-3H3,(H,18,19). The summed E-state index contributed by atoms with van der Waals surface area (Å²) in [7, 11) is -2.01. The van der Waals surface area contributed by atoms with Crippen molar-refractivity contribution >= 4 is 33.4 Å². The molecule has 1 atom stereocenters. The molecule has 24 heavy (non-hydrogen) atoms.